The lowest BCUT2D eigenvalue weighted by Gasteiger charge is -2.26. The lowest BCUT2D eigenvalue weighted by atomic mass is 10.1. The normalized spacial score (nSPS) is 13.5. The van der Waals surface area contributed by atoms with E-state index in [2.05, 4.69) is 30.9 Å². The summed E-state index contributed by atoms with van der Waals surface area (Å²) in [5, 5.41) is 9.04. The van der Waals surface area contributed by atoms with Gasteiger partial charge in [-0.2, -0.15) is 4.98 Å². The van der Waals surface area contributed by atoms with Crippen LogP contribution in [0.25, 0.3) is 0 Å². The van der Waals surface area contributed by atoms with E-state index in [1.54, 1.807) is 25.1 Å². The maximum atomic E-state index is 12.6. The Morgan fingerprint density at radius 2 is 1.56 bits per heavy atom. The summed E-state index contributed by atoms with van der Waals surface area (Å²) in [4.78, 5) is 39.0. The molecule has 2 heterocycles. The van der Waals surface area contributed by atoms with Gasteiger partial charge in [-0.3, -0.25) is 9.59 Å². The molecule has 9 heteroatoms. The van der Waals surface area contributed by atoms with Crippen LogP contribution in [0.3, 0.4) is 0 Å². The van der Waals surface area contributed by atoms with E-state index in [1.807, 2.05) is 41.3 Å². The summed E-state index contributed by atoms with van der Waals surface area (Å²) in [5.74, 6) is 0.591. The molecule has 1 fully saturated rings. The average Bonchev–Trinajstić information content (AvgIpc) is 2.85. The third kappa shape index (κ3) is 6.16. The van der Waals surface area contributed by atoms with E-state index >= 15 is 0 Å². The number of benzene rings is 2. The van der Waals surface area contributed by atoms with Crippen LogP contribution in [0.2, 0.25) is 0 Å². The van der Waals surface area contributed by atoms with Crippen LogP contribution in [0.1, 0.15) is 36.5 Å². The van der Waals surface area contributed by atoms with Crippen molar-refractivity contribution in [2.24, 2.45) is 0 Å². The van der Waals surface area contributed by atoms with Gasteiger partial charge in [0.1, 0.15) is 6.33 Å². The number of allylic oxidation sites excluding steroid dienone is 1. The minimum Gasteiger partial charge on any atom is -0.339 e. The van der Waals surface area contributed by atoms with Crippen LogP contribution in [0.4, 0.5) is 29.0 Å². The summed E-state index contributed by atoms with van der Waals surface area (Å²) in [6, 6.07) is 14.6. The number of nitrogens with one attached hydrogen (secondary N) is 3. The molecule has 0 saturated carbocycles. The van der Waals surface area contributed by atoms with Gasteiger partial charge in [-0.1, -0.05) is 12.1 Å². The SMILES string of the molecule is C/C=C/C(=O)Nc1cccc(Nc2ncnc(Nc3ccc(C(=O)N4CCCCC4)cc3)n2)c1. The first-order valence-electron chi connectivity index (χ1n) is 11.3. The van der Waals surface area contributed by atoms with Gasteiger partial charge >= 0.3 is 0 Å². The van der Waals surface area contributed by atoms with E-state index in [4.69, 9.17) is 0 Å². The molecule has 1 aliphatic rings. The summed E-state index contributed by atoms with van der Waals surface area (Å²) in [7, 11) is 0. The molecular formula is C25H27N7O2. The Bertz CT molecular complexity index is 1170. The third-order valence-corrected chi connectivity index (χ3v) is 5.31. The molecule has 4 rings (SSSR count). The first-order valence-corrected chi connectivity index (χ1v) is 11.3. The van der Waals surface area contributed by atoms with Gasteiger partial charge in [-0.15, -0.1) is 0 Å². The highest BCUT2D eigenvalue weighted by Gasteiger charge is 2.18. The smallest absolute Gasteiger partial charge is 0.253 e. The molecule has 1 aromatic heterocycles. The monoisotopic (exact) mass is 457 g/mol. The summed E-state index contributed by atoms with van der Waals surface area (Å²) in [5.41, 5.74) is 2.81. The van der Waals surface area contributed by atoms with Crippen LogP contribution in [0.15, 0.2) is 67.0 Å². The van der Waals surface area contributed by atoms with Gasteiger partial charge in [0.25, 0.3) is 5.91 Å². The largest absolute Gasteiger partial charge is 0.339 e. The van der Waals surface area contributed by atoms with E-state index in [9.17, 15) is 9.59 Å². The molecule has 0 radical (unpaired) electrons. The maximum absolute atomic E-state index is 12.6. The number of hydrogen-bond acceptors (Lipinski definition) is 7. The van der Waals surface area contributed by atoms with E-state index in [0.717, 1.165) is 37.3 Å². The van der Waals surface area contributed by atoms with E-state index in [-0.39, 0.29) is 11.8 Å². The molecule has 2 aromatic carbocycles. The number of likely N-dealkylation sites (tertiary alicyclic amines) is 1. The Morgan fingerprint density at radius 3 is 2.26 bits per heavy atom. The highest BCUT2D eigenvalue weighted by Crippen LogP contribution is 2.20. The van der Waals surface area contributed by atoms with Gasteiger partial charge in [-0.25, -0.2) is 9.97 Å². The Kier molecular flexibility index (Phi) is 7.44. The van der Waals surface area contributed by atoms with E-state index in [1.165, 1.54) is 18.8 Å². The number of piperidine rings is 1. The fourth-order valence-corrected chi connectivity index (χ4v) is 3.66. The number of anilines is 5. The van der Waals surface area contributed by atoms with Crippen molar-refractivity contribution < 1.29 is 9.59 Å². The Morgan fingerprint density at radius 1 is 0.882 bits per heavy atom. The second-order valence-corrected chi connectivity index (χ2v) is 7.88. The minimum absolute atomic E-state index is 0.0713. The standard InChI is InChI=1S/C25H27N7O2/c1-2-7-22(33)28-20-8-6-9-21(16-20)30-25-27-17-26-24(31-25)29-19-12-10-18(11-13-19)23(34)32-14-4-3-5-15-32/h2,6-13,16-17H,3-5,14-15H2,1H3,(H,28,33)(H2,26,27,29,30,31)/b7-2+. The topological polar surface area (TPSA) is 112 Å². The van der Waals surface area contributed by atoms with Crippen LogP contribution in [0.5, 0.6) is 0 Å². The van der Waals surface area contributed by atoms with Crippen molar-refractivity contribution in [3.05, 3.63) is 72.6 Å². The molecule has 174 valence electrons. The zero-order valence-corrected chi connectivity index (χ0v) is 19.0. The van der Waals surface area contributed by atoms with Crippen molar-refractivity contribution in [1.82, 2.24) is 19.9 Å². The molecule has 34 heavy (non-hydrogen) atoms. The molecule has 0 bridgehead atoms. The van der Waals surface area contributed by atoms with Crippen LogP contribution in [0, 0.1) is 0 Å². The lowest BCUT2D eigenvalue weighted by molar-refractivity contribution is -0.111. The van der Waals surface area contributed by atoms with Gasteiger partial charge in [-0.05, 0) is 74.7 Å². The summed E-state index contributed by atoms with van der Waals surface area (Å²) < 4.78 is 0. The molecule has 3 aromatic rings. The predicted octanol–water partition coefficient (Wildman–Crippen LogP) is 4.50. The molecule has 1 saturated heterocycles. The fraction of sp³-hybridized carbons (Fsp3) is 0.240. The van der Waals surface area contributed by atoms with Gasteiger partial charge in [0.15, 0.2) is 0 Å². The molecule has 0 aliphatic carbocycles. The Labute approximate surface area is 198 Å². The number of amides is 2. The van der Waals surface area contributed by atoms with Crippen LogP contribution < -0.4 is 16.0 Å². The number of nitrogens with zero attached hydrogens (tertiary/aromatic N) is 4. The second kappa shape index (κ2) is 11.0. The molecule has 0 spiro atoms. The van der Waals surface area contributed by atoms with E-state index in [0.29, 0.717) is 23.1 Å². The molecule has 0 atom stereocenters. The third-order valence-electron chi connectivity index (χ3n) is 5.31. The molecule has 1 aliphatic heterocycles. The highest BCUT2D eigenvalue weighted by atomic mass is 16.2. The second-order valence-electron chi connectivity index (χ2n) is 7.88. The molecule has 9 nitrogen and oxygen atoms in total. The van der Waals surface area contributed by atoms with Crippen molar-refractivity contribution >= 4 is 40.8 Å². The average molecular weight is 458 g/mol. The molecule has 0 unspecified atom stereocenters. The quantitative estimate of drug-likeness (QED) is 0.448. The summed E-state index contributed by atoms with van der Waals surface area (Å²) in [6.07, 6.45) is 7.86. The van der Waals surface area contributed by atoms with Gasteiger partial charge in [0, 0.05) is 35.7 Å². The fourth-order valence-electron chi connectivity index (χ4n) is 3.66. The first-order chi connectivity index (χ1) is 16.6. The van der Waals surface area contributed by atoms with Gasteiger partial charge < -0.3 is 20.9 Å². The number of carbonyl (C=O) groups is 2. The lowest BCUT2D eigenvalue weighted by Crippen LogP contribution is -2.35. The molecule has 3 N–H and O–H groups in total. The molecular weight excluding hydrogens is 430 g/mol. The summed E-state index contributed by atoms with van der Waals surface area (Å²) in [6.45, 7) is 3.43. The highest BCUT2D eigenvalue weighted by molar-refractivity contribution is 5.99. The molecule has 2 amide bonds. The Balaban J connectivity index is 1.39. The van der Waals surface area contributed by atoms with E-state index < -0.39 is 0 Å². The van der Waals surface area contributed by atoms with Crippen molar-refractivity contribution in [2.75, 3.05) is 29.0 Å². The zero-order chi connectivity index (χ0) is 23.8. The number of carbonyl (C=O) groups excluding carboxylic acids is 2. The van der Waals surface area contributed by atoms with Gasteiger partial charge in [0.2, 0.25) is 17.8 Å². The van der Waals surface area contributed by atoms with Gasteiger partial charge in [0.05, 0.1) is 0 Å². The number of rotatable bonds is 7. The van der Waals surface area contributed by atoms with Crippen LogP contribution >= 0.6 is 0 Å². The maximum Gasteiger partial charge on any atom is 0.253 e. The summed E-state index contributed by atoms with van der Waals surface area (Å²) >= 11 is 0. The minimum atomic E-state index is -0.199. The van der Waals surface area contributed by atoms with Crippen molar-refractivity contribution in [1.29, 1.82) is 0 Å². The first kappa shape index (κ1) is 22.9. The van der Waals surface area contributed by atoms with Crippen LogP contribution in [-0.2, 0) is 4.79 Å². The van der Waals surface area contributed by atoms with Crippen molar-refractivity contribution in [3.8, 4) is 0 Å². The number of hydrogen-bond donors (Lipinski definition) is 3. The van der Waals surface area contributed by atoms with Crippen LogP contribution in [-0.4, -0.2) is 44.8 Å². The Hall–Kier alpha value is -4.27. The van der Waals surface area contributed by atoms with Crippen molar-refractivity contribution in [2.45, 2.75) is 26.2 Å². The predicted molar refractivity (Wildman–Crippen MR) is 132 cm³/mol. The number of aromatic nitrogens is 3. The zero-order valence-electron chi connectivity index (χ0n) is 19.0. The van der Waals surface area contributed by atoms with Crippen molar-refractivity contribution in [3.63, 3.8) is 0 Å².